The van der Waals surface area contributed by atoms with Crippen molar-refractivity contribution in [3.8, 4) is 5.75 Å². The number of aryl methyl sites for hydroxylation is 3. The van der Waals surface area contributed by atoms with Crippen molar-refractivity contribution < 1.29 is 19.1 Å². The molecule has 43 heavy (non-hydrogen) atoms. The van der Waals surface area contributed by atoms with Crippen molar-refractivity contribution in [1.82, 2.24) is 0 Å². The Kier molecular flexibility index (Phi) is 8.72. The molecular formula is C37H41NO4S. The summed E-state index contributed by atoms with van der Waals surface area (Å²) in [7, 11) is 0.964. The lowest BCUT2D eigenvalue weighted by Crippen LogP contribution is -2.38. The first-order chi connectivity index (χ1) is 20.8. The number of fused-ring (bicyclic) bond motifs is 3. The van der Waals surface area contributed by atoms with Crippen LogP contribution in [0.25, 0.3) is 0 Å². The molecular weight excluding hydrogens is 554 g/mol. The van der Waals surface area contributed by atoms with Crippen LogP contribution in [-0.4, -0.2) is 34.2 Å². The molecule has 0 aromatic heterocycles. The Morgan fingerprint density at radius 2 is 1.58 bits per heavy atom. The number of ketones is 1. The average Bonchev–Trinajstić information content (AvgIpc) is 3.00. The van der Waals surface area contributed by atoms with E-state index in [1.807, 2.05) is 35.6 Å². The molecule has 0 bridgehead atoms. The van der Waals surface area contributed by atoms with Crippen LogP contribution < -0.4 is 10.5 Å². The highest BCUT2D eigenvalue weighted by Crippen LogP contribution is 2.45. The van der Waals surface area contributed by atoms with Gasteiger partial charge in [0.1, 0.15) is 5.75 Å². The van der Waals surface area contributed by atoms with E-state index in [0.717, 1.165) is 60.6 Å². The van der Waals surface area contributed by atoms with Crippen LogP contribution in [0.3, 0.4) is 0 Å². The molecule has 2 N–H and O–H groups in total. The van der Waals surface area contributed by atoms with E-state index >= 15 is 0 Å². The van der Waals surface area contributed by atoms with Crippen LogP contribution in [0, 0.1) is 18.8 Å². The topological polar surface area (TPSA) is 78.6 Å². The van der Waals surface area contributed by atoms with Gasteiger partial charge in [-0.05, 0) is 112 Å². The van der Waals surface area contributed by atoms with Crippen molar-refractivity contribution >= 4 is 32.5 Å². The number of ether oxygens (including phenoxy) is 2. The highest BCUT2D eigenvalue weighted by molar-refractivity contribution is 7.97. The first kappa shape index (κ1) is 29.6. The normalized spacial score (nSPS) is 22.8. The standard InChI is InChI=1S/C37H41NO4S/c1-22(2)41-28-16-14-26-19-29(17-15-25(26)18-28)42-32-20-27(13-12-24-10-8-23(3)9-11-24)33-34(35(32)38)37(43-21-39)31-7-5-4-6-30(31)36(33)40/h4-11,20,22,25-26,28-29H,12-19,38H2,1-3H3. The van der Waals surface area contributed by atoms with Gasteiger partial charge in [0, 0.05) is 22.3 Å². The lowest BCUT2D eigenvalue weighted by molar-refractivity contribution is -0.0526. The van der Waals surface area contributed by atoms with E-state index in [4.69, 9.17) is 15.2 Å². The third kappa shape index (κ3) is 6.15. The minimum absolute atomic E-state index is 0.0566. The Balaban J connectivity index is 1.34. The van der Waals surface area contributed by atoms with Gasteiger partial charge in [-0.1, -0.05) is 54.1 Å². The molecule has 3 aliphatic carbocycles. The first-order valence-corrected chi connectivity index (χ1v) is 16.5. The number of benzene rings is 3. The summed E-state index contributed by atoms with van der Waals surface area (Å²) in [6.45, 7) is 6.32. The second-order valence-electron chi connectivity index (χ2n) is 12.8. The van der Waals surface area contributed by atoms with E-state index in [0.29, 0.717) is 57.4 Å². The average molecular weight is 596 g/mol. The van der Waals surface area contributed by atoms with Gasteiger partial charge in [0.05, 0.1) is 28.9 Å². The van der Waals surface area contributed by atoms with Crippen LogP contribution >= 0.6 is 10.9 Å². The van der Waals surface area contributed by atoms with Crippen LogP contribution in [0.5, 0.6) is 5.75 Å². The minimum atomic E-state index is -0.0566. The summed E-state index contributed by atoms with van der Waals surface area (Å²) in [5, 5.41) is 2.00. The number of anilines is 1. The fraction of sp³-hybridized carbons (Fsp3) is 0.432. The molecule has 2 fully saturated rings. The molecule has 4 unspecified atom stereocenters. The van der Waals surface area contributed by atoms with Gasteiger partial charge in [0.15, 0.2) is 11.0 Å². The van der Waals surface area contributed by atoms with Crippen LogP contribution in [0.15, 0.2) is 54.6 Å². The quantitative estimate of drug-likeness (QED) is 0.178. The molecule has 3 aromatic rings. The summed E-state index contributed by atoms with van der Waals surface area (Å²) in [5.74, 6) is 1.87. The first-order valence-electron chi connectivity index (χ1n) is 15.7. The van der Waals surface area contributed by atoms with Gasteiger partial charge >= 0.3 is 0 Å². The SMILES string of the molecule is Cc1ccc(CCc2cc(OC3CCC4CC(OC(C)C)CCC4C3)c(N)c3c2C(=O)c2ccccc2C3=S=C=O)cc1. The molecule has 4 atom stereocenters. The van der Waals surface area contributed by atoms with Crippen molar-refractivity contribution in [3.63, 3.8) is 0 Å². The van der Waals surface area contributed by atoms with E-state index in [1.54, 1.807) is 0 Å². The highest BCUT2D eigenvalue weighted by Gasteiger charge is 2.38. The molecule has 3 aliphatic rings. The number of rotatable bonds is 7. The van der Waals surface area contributed by atoms with E-state index in [1.165, 1.54) is 17.5 Å². The molecule has 0 amide bonds. The number of carbonyl (C=O) groups is 1. The fourth-order valence-electron chi connectivity index (χ4n) is 7.44. The number of carbonyl (C=O) groups excluding carboxylic acids is 2. The summed E-state index contributed by atoms with van der Waals surface area (Å²) in [5.41, 5.74) is 13.2. The summed E-state index contributed by atoms with van der Waals surface area (Å²) in [6.07, 6.45) is 8.64. The van der Waals surface area contributed by atoms with Crippen LogP contribution in [0.2, 0.25) is 0 Å². The fourth-order valence-corrected chi connectivity index (χ4v) is 8.13. The number of hydrogen-bond acceptors (Lipinski definition) is 5. The molecule has 5 nitrogen and oxygen atoms in total. The van der Waals surface area contributed by atoms with E-state index in [-0.39, 0.29) is 18.0 Å². The Labute approximate surface area is 258 Å². The summed E-state index contributed by atoms with van der Waals surface area (Å²) < 4.78 is 12.9. The maximum atomic E-state index is 14.0. The van der Waals surface area contributed by atoms with Gasteiger partial charge in [0.2, 0.25) is 0 Å². The van der Waals surface area contributed by atoms with Crippen LogP contribution in [-0.2, 0) is 22.4 Å². The molecule has 0 spiro atoms. The van der Waals surface area contributed by atoms with Gasteiger partial charge in [-0.2, -0.15) is 0 Å². The molecule has 0 aliphatic heterocycles. The number of nitrogen functional groups attached to an aromatic ring is 1. The van der Waals surface area contributed by atoms with Gasteiger partial charge < -0.3 is 15.2 Å². The van der Waals surface area contributed by atoms with E-state index in [2.05, 4.69) is 45.0 Å². The zero-order chi connectivity index (χ0) is 30.1. The third-order valence-corrected chi connectivity index (χ3v) is 10.2. The van der Waals surface area contributed by atoms with Crippen LogP contribution in [0.4, 0.5) is 5.69 Å². The van der Waals surface area contributed by atoms with Gasteiger partial charge in [-0.3, -0.25) is 4.79 Å². The Morgan fingerprint density at radius 3 is 2.28 bits per heavy atom. The van der Waals surface area contributed by atoms with Crippen molar-refractivity contribution in [1.29, 1.82) is 0 Å². The predicted octanol–water partition coefficient (Wildman–Crippen LogP) is 7.42. The second-order valence-corrected chi connectivity index (χ2v) is 13.5. The maximum Gasteiger partial charge on any atom is 0.194 e. The third-order valence-electron chi connectivity index (χ3n) is 9.50. The maximum absolute atomic E-state index is 14.0. The number of hydrogen-bond donors (Lipinski definition) is 1. The summed E-state index contributed by atoms with van der Waals surface area (Å²) in [4.78, 5) is 26.5. The molecule has 224 valence electrons. The monoisotopic (exact) mass is 595 g/mol. The van der Waals surface area contributed by atoms with Crippen molar-refractivity contribution in [2.75, 3.05) is 5.73 Å². The lowest BCUT2D eigenvalue weighted by Gasteiger charge is -2.42. The van der Waals surface area contributed by atoms with Crippen LogP contribution in [0.1, 0.15) is 96.1 Å². The zero-order valence-electron chi connectivity index (χ0n) is 25.4. The molecule has 0 saturated heterocycles. The van der Waals surface area contributed by atoms with Crippen molar-refractivity contribution in [3.05, 3.63) is 93.5 Å². The lowest BCUT2D eigenvalue weighted by atomic mass is 9.69. The molecule has 6 rings (SSSR count). The largest absolute Gasteiger partial charge is 0.488 e. The Bertz CT molecular complexity index is 1610. The van der Waals surface area contributed by atoms with Gasteiger partial charge in [0.25, 0.3) is 0 Å². The van der Waals surface area contributed by atoms with Gasteiger partial charge in [-0.15, -0.1) is 0 Å². The molecule has 6 heteroatoms. The van der Waals surface area contributed by atoms with Gasteiger partial charge in [-0.25, -0.2) is 4.79 Å². The summed E-state index contributed by atoms with van der Waals surface area (Å²) >= 11 is 0. The molecule has 0 radical (unpaired) electrons. The zero-order valence-corrected chi connectivity index (χ0v) is 26.2. The van der Waals surface area contributed by atoms with Crippen molar-refractivity contribution in [2.24, 2.45) is 11.8 Å². The highest BCUT2D eigenvalue weighted by atomic mass is 32.1. The number of nitrogens with two attached hydrogens (primary N) is 1. The molecule has 3 aromatic carbocycles. The molecule has 0 heterocycles. The predicted molar refractivity (Wildman–Crippen MR) is 175 cm³/mol. The Morgan fingerprint density at radius 1 is 0.907 bits per heavy atom. The minimum Gasteiger partial charge on any atom is -0.488 e. The van der Waals surface area contributed by atoms with E-state index in [9.17, 15) is 9.59 Å². The summed E-state index contributed by atoms with van der Waals surface area (Å²) in [6, 6.07) is 18.0. The molecule has 2 saturated carbocycles. The second kappa shape index (κ2) is 12.7. The smallest absolute Gasteiger partial charge is 0.194 e. The Hall–Kier alpha value is -3.44. The van der Waals surface area contributed by atoms with Crippen molar-refractivity contribution in [2.45, 2.75) is 90.4 Å². The van der Waals surface area contributed by atoms with E-state index < -0.39 is 0 Å².